The fourth-order valence-electron chi connectivity index (χ4n) is 2.94. The average Bonchev–Trinajstić information content (AvgIpc) is 2.30. The van der Waals surface area contributed by atoms with Gasteiger partial charge < -0.3 is 0 Å². The van der Waals surface area contributed by atoms with E-state index in [1.165, 1.54) is 42.8 Å². The summed E-state index contributed by atoms with van der Waals surface area (Å²) in [5.41, 5.74) is 0. The monoisotopic (exact) mass is 244 g/mol. The SMILES string of the molecule is CCC(C)C([SiH3])(N(CC)CC)N(CC)CC. The number of hydrogen-bond donors (Lipinski definition) is 0. The van der Waals surface area contributed by atoms with Crippen LogP contribution in [0.25, 0.3) is 0 Å². The van der Waals surface area contributed by atoms with Gasteiger partial charge in [-0.25, -0.2) is 0 Å². The molecule has 0 aliphatic rings. The Morgan fingerprint density at radius 3 is 1.38 bits per heavy atom. The minimum atomic E-state index is 0.349. The molecule has 1 atom stereocenters. The molecule has 0 N–H and O–H groups in total. The molecule has 0 fully saturated rings. The molecule has 0 bridgehead atoms. The van der Waals surface area contributed by atoms with Crippen LogP contribution in [-0.4, -0.2) is 51.5 Å². The summed E-state index contributed by atoms with van der Waals surface area (Å²) in [5.74, 6) is 0.763. The Morgan fingerprint density at radius 2 is 1.19 bits per heavy atom. The minimum absolute atomic E-state index is 0.349. The summed E-state index contributed by atoms with van der Waals surface area (Å²) >= 11 is 0. The standard InChI is InChI=1S/C13H32N2Si/c1-7-12(6)13(16,14(8-2)9-3)15(10-4)11-5/h12H,7-11H2,1-6,16H3. The van der Waals surface area contributed by atoms with E-state index in [2.05, 4.69) is 51.3 Å². The highest BCUT2D eigenvalue weighted by Gasteiger charge is 2.38. The fraction of sp³-hybridized carbons (Fsp3) is 1.00. The molecule has 2 nitrogen and oxygen atoms in total. The van der Waals surface area contributed by atoms with E-state index in [1.54, 1.807) is 0 Å². The van der Waals surface area contributed by atoms with Crippen LogP contribution in [0.3, 0.4) is 0 Å². The molecule has 16 heavy (non-hydrogen) atoms. The van der Waals surface area contributed by atoms with Crippen molar-refractivity contribution in [3.05, 3.63) is 0 Å². The molecule has 0 aromatic rings. The number of rotatable bonds is 8. The van der Waals surface area contributed by atoms with Crippen molar-refractivity contribution in [2.24, 2.45) is 5.92 Å². The van der Waals surface area contributed by atoms with Crippen molar-refractivity contribution in [3.63, 3.8) is 0 Å². The highest BCUT2D eigenvalue weighted by atomic mass is 28.1. The van der Waals surface area contributed by atoms with Crippen molar-refractivity contribution in [1.82, 2.24) is 9.80 Å². The van der Waals surface area contributed by atoms with Gasteiger partial charge in [-0.2, -0.15) is 0 Å². The van der Waals surface area contributed by atoms with Gasteiger partial charge >= 0.3 is 0 Å². The summed E-state index contributed by atoms with van der Waals surface area (Å²) in [6.45, 7) is 18.6. The van der Waals surface area contributed by atoms with Crippen molar-refractivity contribution in [3.8, 4) is 0 Å². The van der Waals surface area contributed by atoms with Crippen LogP contribution in [0.4, 0.5) is 0 Å². The number of nitrogens with zero attached hydrogens (tertiary/aromatic N) is 2. The maximum Gasteiger partial charge on any atom is 0.0546 e. The highest BCUT2D eigenvalue weighted by molar-refractivity contribution is 6.15. The van der Waals surface area contributed by atoms with Gasteiger partial charge in [-0.3, -0.25) is 9.80 Å². The van der Waals surface area contributed by atoms with Gasteiger partial charge in [-0.1, -0.05) is 48.0 Å². The summed E-state index contributed by atoms with van der Waals surface area (Å²) in [5, 5.41) is 0.349. The van der Waals surface area contributed by atoms with Crippen LogP contribution in [0, 0.1) is 5.92 Å². The second kappa shape index (κ2) is 7.46. The second-order valence-electron chi connectivity index (χ2n) is 4.75. The van der Waals surface area contributed by atoms with Gasteiger partial charge in [-0.15, -0.1) is 0 Å². The van der Waals surface area contributed by atoms with Crippen LogP contribution in [0.15, 0.2) is 0 Å². The summed E-state index contributed by atoms with van der Waals surface area (Å²) in [6.07, 6.45) is 1.27. The van der Waals surface area contributed by atoms with Crippen molar-refractivity contribution in [2.75, 3.05) is 26.2 Å². The lowest BCUT2D eigenvalue weighted by molar-refractivity contribution is -0.0229. The molecule has 0 radical (unpaired) electrons. The van der Waals surface area contributed by atoms with E-state index in [-0.39, 0.29) is 0 Å². The smallest absolute Gasteiger partial charge is 0.0546 e. The summed E-state index contributed by atoms with van der Waals surface area (Å²) in [4.78, 5) is 5.33. The minimum Gasteiger partial charge on any atom is -0.289 e. The van der Waals surface area contributed by atoms with E-state index >= 15 is 0 Å². The first-order chi connectivity index (χ1) is 7.52. The van der Waals surface area contributed by atoms with E-state index in [4.69, 9.17) is 0 Å². The zero-order valence-electron chi connectivity index (χ0n) is 12.5. The van der Waals surface area contributed by atoms with Crippen molar-refractivity contribution >= 4 is 10.2 Å². The molecule has 0 spiro atoms. The van der Waals surface area contributed by atoms with Gasteiger partial charge in [0.15, 0.2) is 0 Å². The van der Waals surface area contributed by atoms with E-state index < -0.39 is 0 Å². The Kier molecular flexibility index (Phi) is 7.52. The fourth-order valence-corrected chi connectivity index (χ4v) is 4.61. The molecule has 1 unspecified atom stereocenters. The molecule has 0 saturated carbocycles. The van der Waals surface area contributed by atoms with Crippen LogP contribution in [0.1, 0.15) is 48.0 Å². The van der Waals surface area contributed by atoms with Gasteiger partial charge in [0.1, 0.15) is 0 Å². The largest absolute Gasteiger partial charge is 0.289 e. The molecular formula is C13H32N2Si. The molecule has 0 rings (SSSR count). The maximum absolute atomic E-state index is 2.67. The predicted molar refractivity (Wildman–Crippen MR) is 78.0 cm³/mol. The summed E-state index contributed by atoms with van der Waals surface area (Å²) in [7, 11) is 1.22. The Morgan fingerprint density at radius 1 is 0.875 bits per heavy atom. The lowest BCUT2D eigenvalue weighted by Gasteiger charge is -2.52. The first-order valence-electron chi connectivity index (χ1n) is 7.02. The van der Waals surface area contributed by atoms with Crippen LogP contribution in [0.2, 0.25) is 0 Å². The predicted octanol–water partition coefficient (Wildman–Crippen LogP) is 1.74. The first-order valence-corrected chi connectivity index (χ1v) is 8.02. The zero-order chi connectivity index (χ0) is 12.8. The zero-order valence-corrected chi connectivity index (χ0v) is 14.5. The van der Waals surface area contributed by atoms with Crippen LogP contribution in [0.5, 0.6) is 0 Å². The third-order valence-electron chi connectivity index (χ3n) is 4.35. The molecule has 0 aromatic heterocycles. The summed E-state index contributed by atoms with van der Waals surface area (Å²) < 4.78 is 0. The molecule has 98 valence electrons. The van der Waals surface area contributed by atoms with E-state index in [9.17, 15) is 0 Å². The quantitative estimate of drug-likeness (QED) is 0.474. The topological polar surface area (TPSA) is 6.48 Å². The maximum atomic E-state index is 2.67. The van der Waals surface area contributed by atoms with Crippen LogP contribution >= 0.6 is 0 Å². The van der Waals surface area contributed by atoms with E-state index in [1.807, 2.05) is 0 Å². The Bertz CT molecular complexity index is 165. The van der Waals surface area contributed by atoms with Crippen molar-refractivity contribution in [1.29, 1.82) is 0 Å². The molecule has 0 aliphatic carbocycles. The molecular weight excluding hydrogens is 212 g/mol. The third kappa shape index (κ3) is 3.08. The number of hydrogen-bond acceptors (Lipinski definition) is 2. The van der Waals surface area contributed by atoms with Gasteiger partial charge in [0, 0.05) is 10.2 Å². The lowest BCUT2D eigenvalue weighted by atomic mass is 10.0. The second-order valence-corrected chi connectivity index (χ2v) is 6.22. The van der Waals surface area contributed by atoms with Gasteiger partial charge in [0.25, 0.3) is 0 Å². The van der Waals surface area contributed by atoms with Gasteiger partial charge in [0.2, 0.25) is 0 Å². The molecule has 0 aromatic carbocycles. The van der Waals surface area contributed by atoms with Crippen molar-refractivity contribution < 1.29 is 0 Å². The molecule has 0 aliphatic heterocycles. The van der Waals surface area contributed by atoms with E-state index in [0.717, 1.165) is 5.92 Å². The molecule has 0 saturated heterocycles. The summed E-state index contributed by atoms with van der Waals surface area (Å²) in [6, 6.07) is 0. The van der Waals surface area contributed by atoms with Crippen LogP contribution < -0.4 is 0 Å². The first kappa shape index (κ1) is 16.1. The van der Waals surface area contributed by atoms with Crippen LogP contribution in [-0.2, 0) is 0 Å². The Balaban J connectivity index is 5.13. The Labute approximate surface area is 106 Å². The van der Waals surface area contributed by atoms with E-state index in [0.29, 0.717) is 5.29 Å². The van der Waals surface area contributed by atoms with Crippen molar-refractivity contribution in [2.45, 2.75) is 53.2 Å². The Hall–Kier alpha value is 0.137. The third-order valence-corrected chi connectivity index (χ3v) is 6.60. The molecule has 3 heteroatoms. The highest BCUT2D eigenvalue weighted by Crippen LogP contribution is 2.28. The average molecular weight is 244 g/mol. The van der Waals surface area contributed by atoms with Gasteiger partial charge in [-0.05, 0) is 32.1 Å². The lowest BCUT2D eigenvalue weighted by Crippen LogP contribution is -2.64. The van der Waals surface area contributed by atoms with Gasteiger partial charge in [0.05, 0.1) is 5.29 Å². The molecule has 0 amide bonds. The molecule has 0 heterocycles. The normalized spacial score (nSPS) is 15.0.